The van der Waals surface area contributed by atoms with Crippen molar-refractivity contribution in [3.63, 3.8) is 0 Å². The summed E-state index contributed by atoms with van der Waals surface area (Å²) in [7, 11) is 1.71. The summed E-state index contributed by atoms with van der Waals surface area (Å²) in [5, 5.41) is 3.31. The van der Waals surface area contributed by atoms with Crippen LogP contribution >= 0.6 is 0 Å². The van der Waals surface area contributed by atoms with Gasteiger partial charge in [-0.3, -0.25) is 9.80 Å². The van der Waals surface area contributed by atoms with E-state index in [9.17, 15) is 4.79 Å². The summed E-state index contributed by atoms with van der Waals surface area (Å²) in [6.07, 6.45) is 10.1. The highest BCUT2D eigenvalue weighted by molar-refractivity contribution is 5.95. The van der Waals surface area contributed by atoms with E-state index in [0.29, 0.717) is 6.04 Å². The zero-order chi connectivity index (χ0) is 19.6. The van der Waals surface area contributed by atoms with Crippen LogP contribution in [-0.4, -0.2) is 50.3 Å². The highest BCUT2D eigenvalue weighted by Crippen LogP contribution is 2.48. The number of hydrogen-bond acceptors (Lipinski definition) is 3. The number of nitrogens with one attached hydrogen (secondary N) is 1. The number of carbonyl (C=O) groups is 1. The fourth-order valence-electron chi connectivity index (χ4n) is 5.23. The molecule has 1 saturated carbocycles. The Morgan fingerprint density at radius 1 is 1.29 bits per heavy atom. The van der Waals surface area contributed by atoms with Gasteiger partial charge in [-0.2, -0.15) is 0 Å². The van der Waals surface area contributed by atoms with Crippen LogP contribution in [0.15, 0.2) is 30.9 Å². The topological polar surface area (TPSA) is 44.8 Å². The molecule has 1 N–H and O–H groups in total. The molecule has 1 aliphatic carbocycles. The van der Waals surface area contributed by atoms with E-state index in [1.165, 1.54) is 24.8 Å². The number of methoxy groups -OCH3 is 1. The molecular weight excluding hydrogens is 350 g/mol. The number of amides is 2. The van der Waals surface area contributed by atoms with Gasteiger partial charge in [0.2, 0.25) is 0 Å². The first-order chi connectivity index (χ1) is 13.6. The molecule has 0 atom stereocenters. The zero-order valence-corrected chi connectivity index (χ0v) is 17.1. The van der Waals surface area contributed by atoms with Crippen LogP contribution in [0.5, 0.6) is 5.75 Å². The van der Waals surface area contributed by atoms with Gasteiger partial charge in [-0.05, 0) is 62.5 Å². The normalized spacial score (nSPS) is 22.1. The zero-order valence-electron chi connectivity index (χ0n) is 17.1. The number of ether oxygens (including phenoxy) is 1. The van der Waals surface area contributed by atoms with E-state index < -0.39 is 0 Å². The van der Waals surface area contributed by atoms with Gasteiger partial charge < -0.3 is 10.1 Å². The highest BCUT2D eigenvalue weighted by Gasteiger charge is 2.46. The molecule has 0 unspecified atom stereocenters. The Hall–Kier alpha value is -2.01. The van der Waals surface area contributed by atoms with Crippen molar-refractivity contribution in [2.75, 3.05) is 38.2 Å². The summed E-state index contributed by atoms with van der Waals surface area (Å²) >= 11 is 0. The van der Waals surface area contributed by atoms with Gasteiger partial charge in [-0.1, -0.05) is 25.3 Å². The smallest absolute Gasteiger partial charge is 0.322 e. The molecule has 28 heavy (non-hydrogen) atoms. The predicted octanol–water partition coefficient (Wildman–Crippen LogP) is 4.08. The van der Waals surface area contributed by atoms with E-state index in [2.05, 4.69) is 28.9 Å². The molecule has 1 aromatic rings. The van der Waals surface area contributed by atoms with Crippen LogP contribution in [-0.2, 0) is 5.41 Å². The van der Waals surface area contributed by atoms with Gasteiger partial charge in [0.25, 0.3) is 0 Å². The third-order valence-electron chi connectivity index (χ3n) is 6.91. The van der Waals surface area contributed by atoms with Crippen molar-refractivity contribution in [2.45, 2.75) is 56.4 Å². The van der Waals surface area contributed by atoms with Crippen LogP contribution in [0, 0.1) is 0 Å². The maximum atomic E-state index is 13.2. The average molecular weight is 384 g/mol. The number of rotatable bonds is 4. The lowest BCUT2D eigenvalue weighted by atomic mass is 9.74. The summed E-state index contributed by atoms with van der Waals surface area (Å²) in [5.41, 5.74) is 2.38. The number of urea groups is 1. The fourth-order valence-corrected chi connectivity index (χ4v) is 5.23. The summed E-state index contributed by atoms with van der Waals surface area (Å²) in [4.78, 5) is 17.6. The number of likely N-dealkylation sites (tertiary alicyclic amines) is 1. The van der Waals surface area contributed by atoms with Crippen molar-refractivity contribution >= 4 is 11.7 Å². The molecule has 2 fully saturated rings. The Kier molecular flexibility index (Phi) is 5.63. The third kappa shape index (κ3) is 3.64. The molecule has 1 spiro atoms. The van der Waals surface area contributed by atoms with Gasteiger partial charge in [0.05, 0.1) is 7.11 Å². The molecule has 3 aliphatic rings. The van der Waals surface area contributed by atoms with E-state index in [1.54, 1.807) is 7.11 Å². The van der Waals surface area contributed by atoms with Gasteiger partial charge in [0, 0.05) is 30.2 Å². The van der Waals surface area contributed by atoms with Crippen LogP contribution in [0.4, 0.5) is 10.5 Å². The molecule has 152 valence electrons. The number of anilines is 1. The fraction of sp³-hybridized carbons (Fsp3) is 0.609. The minimum Gasteiger partial charge on any atom is -0.497 e. The number of piperidine rings is 1. The molecule has 0 bridgehead atoms. The first-order valence-electron chi connectivity index (χ1n) is 10.7. The Morgan fingerprint density at radius 2 is 2.04 bits per heavy atom. The number of hydrogen-bond donors (Lipinski definition) is 1. The minimum absolute atomic E-state index is 0.0332. The van der Waals surface area contributed by atoms with Gasteiger partial charge in [0.1, 0.15) is 5.75 Å². The molecule has 4 rings (SSSR count). The molecular formula is C23H33N3O2. The van der Waals surface area contributed by atoms with E-state index >= 15 is 0 Å². The number of carbonyl (C=O) groups excluding carboxylic acids is 1. The SMILES string of the molecule is C=CCN1CCC2(CC1)CN(C(=O)NC1CCCCC1)c1ccc(OC)cc12. The van der Waals surface area contributed by atoms with Gasteiger partial charge in [-0.25, -0.2) is 4.79 Å². The summed E-state index contributed by atoms with van der Waals surface area (Å²) in [6.45, 7) is 7.67. The van der Waals surface area contributed by atoms with Crippen molar-refractivity contribution in [3.05, 3.63) is 36.4 Å². The number of fused-ring (bicyclic) bond motifs is 2. The standard InChI is InChI=1S/C23H33N3O2/c1-3-13-25-14-11-23(12-15-25)17-26(21-10-9-19(28-2)16-20(21)23)22(27)24-18-7-5-4-6-8-18/h3,9-10,16,18H,1,4-8,11-15,17H2,2H3,(H,24,27). The lowest BCUT2D eigenvalue weighted by Gasteiger charge is -2.39. The molecule has 2 heterocycles. The first kappa shape index (κ1) is 19.3. The molecule has 1 saturated heterocycles. The lowest BCUT2D eigenvalue weighted by Crippen LogP contribution is -2.49. The maximum absolute atomic E-state index is 13.2. The average Bonchev–Trinajstić information content (AvgIpc) is 3.04. The van der Waals surface area contributed by atoms with Crippen LogP contribution in [0.25, 0.3) is 0 Å². The minimum atomic E-state index is 0.0332. The van der Waals surface area contributed by atoms with E-state index in [0.717, 1.165) is 63.3 Å². The Balaban J connectivity index is 1.57. The maximum Gasteiger partial charge on any atom is 0.322 e. The van der Waals surface area contributed by atoms with Crippen molar-refractivity contribution in [3.8, 4) is 5.75 Å². The lowest BCUT2D eigenvalue weighted by molar-refractivity contribution is 0.179. The summed E-state index contributed by atoms with van der Waals surface area (Å²) in [6, 6.07) is 6.61. The Labute approximate surface area is 168 Å². The second-order valence-electron chi connectivity index (χ2n) is 8.62. The third-order valence-corrected chi connectivity index (χ3v) is 6.91. The summed E-state index contributed by atoms with van der Waals surface area (Å²) in [5.74, 6) is 0.876. The van der Waals surface area contributed by atoms with Gasteiger partial charge >= 0.3 is 6.03 Å². The molecule has 2 amide bonds. The van der Waals surface area contributed by atoms with Crippen LogP contribution in [0.3, 0.4) is 0 Å². The number of nitrogens with zero attached hydrogens (tertiary/aromatic N) is 2. The Morgan fingerprint density at radius 3 is 2.71 bits per heavy atom. The first-order valence-corrected chi connectivity index (χ1v) is 10.7. The Bertz CT molecular complexity index is 719. The van der Waals surface area contributed by atoms with Gasteiger partial charge in [-0.15, -0.1) is 6.58 Å². The van der Waals surface area contributed by atoms with Crippen LogP contribution in [0.1, 0.15) is 50.5 Å². The number of benzene rings is 1. The van der Waals surface area contributed by atoms with Gasteiger partial charge in [0.15, 0.2) is 0 Å². The van der Waals surface area contributed by atoms with Crippen molar-refractivity contribution in [1.82, 2.24) is 10.2 Å². The quantitative estimate of drug-likeness (QED) is 0.797. The van der Waals surface area contributed by atoms with Crippen LogP contribution in [0.2, 0.25) is 0 Å². The van der Waals surface area contributed by atoms with E-state index in [4.69, 9.17) is 4.74 Å². The molecule has 0 radical (unpaired) electrons. The van der Waals surface area contributed by atoms with Crippen molar-refractivity contribution < 1.29 is 9.53 Å². The predicted molar refractivity (Wildman–Crippen MR) is 113 cm³/mol. The highest BCUT2D eigenvalue weighted by atomic mass is 16.5. The largest absolute Gasteiger partial charge is 0.497 e. The summed E-state index contributed by atoms with van der Waals surface area (Å²) < 4.78 is 5.51. The second kappa shape index (κ2) is 8.16. The van der Waals surface area contributed by atoms with E-state index in [-0.39, 0.29) is 11.4 Å². The molecule has 5 nitrogen and oxygen atoms in total. The molecule has 0 aromatic heterocycles. The van der Waals surface area contributed by atoms with Crippen molar-refractivity contribution in [1.29, 1.82) is 0 Å². The van der Waals surface area contributed by atoms with Crippen molar-refractivity contribution in [2.24, 2.45) is 0 Å². The second-order valence-corrected chi connectivity index (χ2v) is 8.62. The van der Waals surface area contributed by atoms with Crippen LogP contribution < -0.4 is 15.0 Å². The molecule has 1 aromatic carbocycles. The molecule has 5 heteroatoms. The molecule has 2 aliphatic heterocycles. The van der Waals surface area contributed by atoms with E-state index in [1.807, 2.05) is 17.0 Å². The monoisotopic (exact) mass is 383 g/mol.